The lowest BCUT2D eigenvalue weighted by atomic mass is 10.1. The maximum Gasteiger partial charge on any atom is 0.305 e. The van der Waals surface area contributed by atoms with Crippen molar-refractivity contribution < 1.29 is 14.7 Å². The van der Waals surface area contributed by atoms with Crippen LogP contribution in [0.5, 0.6) is 0 Å². The van der Waals surface area contributed by atoms with Crippen LogP contribution in [0.1, 0.15) is 30.1 Å². The van der Waals surface area contributed by atoms with Gasteiger partial charge in [-0.25, -0.2) is 0 Å². The number of amides is 1. The molecule has 1 atom stereocenters. The Hall–Kier alpha value is -2.36. The van der Waals surface area contributed by atoms with Crippen LogP contribution >= 0.6 is 0 Å². The lowest BCUT2D eigenvalue weighted by Gasteiger charge is -2.15. The van der Waals surface area contributed by atoms with Gasteiger partial charge in [0.1, 0.15) is 0 Å². The highest BCUT2D eigenvalue weighted by atomic mass is 16.4. The van der Waals surface area contributed by atoms with Crippen molar-refractivity contribution in [2.45, 2.75) is 25.8 Å². The highest BCUT2D eigenvalue weighted by molar-refractivity contribution is 5.98. The molecule has 4 nitrogen and oxygen atoms in total. The first-order chi connectivity index (χ1) is 9.60. The predicted octanol–water partition coefficient (Wildman–Crippen LogP) is 2.82. The van der Waals surface area contributed by atoms with Crippen LogP contribution in [0, 0.1) is 0 Å². The maximum atomic E-state index is 12.1. The second kappa shape index (κ2) is 6.19. The van der Waals surface area contributed by atoms with Crippen LogP contribution < -0.4 is 5.32 Å². The molecule has 104 valence electrons. The molecule has 0 spiro atoms. The molecule has 4 heteroatoms. The van der Waals surface area contributed by atoms with Crippen molar-refractivity contribution in [3.8, 4) is 0 Å². The zero-order chi connectivity index (χ0) is 14.5. The Morgan fingerprint density at radius 3 is 2.50 bits per heavy atom. The summed E-state index contributed by atoms with van der Waals surface area (Å²) in [6.45, 7) is 1.86. The van der Waals surface area contributed by atoms with Crippen molar-refractivity contribution in [1.29, 1.82) is 0 Å². The number of carboxylic acid groups (broad SMARTS) is 1. The number of carboxylic acids is 1. The third-order valence-corrected chi connectivity index (χ3v) is 3.26. The van der Waals surface area contributed by atoms with Gasteiger partial charge < -0.3 is 10.4 Å². The van der Waals surface area contributed by atoms with Gasteiger partial charge in [-0.2, -0.15) is 0 Å². The Balaban J connectivity index is 2.16. The van der Waals surface area contributed by atoms with Crippen LogP contribution in [-0.2, 0) is 4.79 Å². The molecule has 0 heterocycles. The standard InChI is InChI=1S/C16H17NO3/c1-2-14(10-15(18)19)17-16(20)13-8-7-11-5-3-4-6-12(11)9-13/h3-9,14H,2,10H2,1H3,(H,17,20)(H,18,19). The van der Waals surface area contributed by atoms with Gasteiger partial charge in [0.15, 0.2) is 0 Å². The fraction of sp³-hybridized carbons (Fsp3) is 0.250. The van der Waals surface area contributed by atoms with E-state index in [1.807, 2.05) is 43.3 Å². The van der Waals surface area contributed by atoms with Gasteiger partial charge in [-0.15, -0.1) is 0 Å². The van der Waals surface area contributed by atoms with Crippen LogP contribution in [0.4, 0.5) is 0 Å². The maximum absolute atomic E-state index is 12.1. The molecule has 0 aliphatic rings. The third kappa shape index (κ3) is 3.35. The summed E-state index contributed by atoms with van der Waals surface area (Å²) in [4.78, 5) is 22.8. The van der Waals surface area contributed by atoms with Gasteiger partial charge in [0.25, 0.3) is 5.91 Å². The Morgan fingerprint density at radius 1 is 1.15 bits per heavy atom. The van der Waals surface area contributed by atoms with Gasteiger partial charge in [0.05, 0.1) is 6.42 Å². The van der Waals surface area contributed by atoms with E-state index >= 15 is 0 Å². The molecule has 0 saturated heterocycles. The zero-order valence-corrected chi connectivity index (χ0v) is 11.3. The number of carbonyl (C=O) groups is 2. The predicted molar refractivity (Wildman–Crippen MR) is 77.7 cm³/mol. The van der Waals surface area contributed by atoms with Crippen molar-refractivity contribution in [3.63, 3.8) is 0 Å². The van der Waals surface area contributed by atoms with Gasteiger partial charge >= 0.3 is 5.97 Å². The van der Waals surface area contributed by atoms with Crippen molar-refractivity contribution in [3.05, 3.63) is 48.0 Å². The van der Waals surface area contributed by atoms with E-state index in [1.54, 1.807) is 6.07 Å². The highest BCUT2D eigenvalue weighted by Crippen LogP contribution is 2.15. The number of aliphatic carboxylic acids is 1. The summed E-state index contributed by atoms with van der Waals surface area (Å²) in [6.07, 6.45) is 0.529. The van der Waals surface area contributed by atoms with E-state index in [-0.39, 0.29) is 18.4 Å². The molecule has 0 aromatic heterocycles. The lowest BCUT2D eigenvalue weighted by Crippen LogP contribution is -2.36. The summed E-state index contributed by atoms with van der Waals surface area (Å²) in [5.74, 6) is -1.14. The number of hydrogen-bond acceptors (Lipinski definition) is 2. The third-order valence-electron chi connectivity index (χ3n) is 3.26. The Kier molecular flexibility index (Phi) is 4.35. The van der Waals surface area contributed by atoms with Gasteiger partial charge in [0.2, 0.25) is 0 Å². The summed E-state index contributed by atoms with van der Waals surface area (Å²) in [5.41, 5.74) is 0.549. The van der Waals surface area contributed by atoms with Crippen molar-refractivity contribution in [2.75, 3.05) is 0 Å². The number of benzene rings is 2. The van der Waals surface area contributed by atoms with Crippen molar-refractivity contribution in [2.24, 2.45) is 0 Å². The summed E-state index contributed by atoms with van der Waals surface area (Å²) >= 11 is 0. The molecular weight excluding hydrogens is 254 g/mol. The molecule has 2 rings (SSSR count). The van der Waals surface area contributed by atoms with Gasteiger partial charge in [0, 0.05) is 11.6 Å². The average molecular weight is 271 g/mol. The normalized spacial score (nSPS) is 12.1. The van der Waals surface area contributed by atoms with Crippen LogP contribution in [0.2, 0.25) is 0 Å². The second-order valence-electron chi connectivity index (χ2n) is 4.74. The van der Waals surface area contributed by atoms with E-state index in [2.05, 4.69) is 5.32 Å². The van der Waals surface area contributed by atoms with Crippen LogP contribution in [-0.4, -0.2) is 23.0 Å². The minimum absolute atomic E-state index is 0.0597. The average Bonchev–Trinajstić information content (AvgIpc) is 2.45. The molecule has 2 aromatic carbocycles. The first-order valence-electron chi connectivity index (χ1n) is 6.61. The van der Waals surface area contributed by atoms with Crippen LogP contribution in [0.3, 0.4) is 0 Å². The molecule has 0 aliphatic carbocycles. The van der Waals surface area contributed by atoms with Crippen LogP contribution in [0.15, 0.2) is 42.5 Å². The topological polar surface area (TPSA) is 66.4 Å². The zero-order valence-electron chi connectivity index (χ0n) is 11.3. The number of carbonyl (C=O) groups excluding carboxylic acids is 1. The molecule has 0 radical (unpaired) electrons. The largest absolute Gasteiger partial charge is 0.481 e. The number of hydrogen-bond donors (Lipinski definition) is 2. The molecule has 0 bridgehead atoms. The van der Waals surface area contributed by atoms with Crippen molar-refractivity contribution in [1.82, 2.24) is 5.32 Å². The van der Waals surface area contributed by atoms with Crippen molar-refractivity contribution >= 4 is 22.6 Å². The summed E-state index contributed by atoms with van der Waals surface area (Å²) in [5, 5.41) is 13.6. The molecule has 0 saturated carbocycles. The second-order valence-corrected chi connectivity index (χ2v) is 4.74. The van der Waals surface area contributed by atoms with Gasteiger partial charge in [-0.05, 0) is 29.3 Å². The van der Waals surface area contributed by atoms with E-state index in [0.29, 0.717) is 12.0 Å². The van der Waals surface area contributed by atoms with E-state index < -0.39 is 5.97 Å². The minimum Gasteiger partial charge on any atom is -0.481 e. The van der Waals surface area contributed by atoms with Gasteiger partial charge in [-0.3, -0.25) is 9.59 Å². The molecule has 0 fully saturated rings. The van der Waals surface area contributed by atoms with Gasteiger partial charge in [-0.1, -0.05) is 37.3 Å². The Labute approximate surface area is 117 Å². The summed E-state index contributed by atoms with van der Waals surface area (Å²) < 4.78 is 0. The molecular formula is C16H17NO3. The molecule has 2 N–H and O–H groups in total. The molecule has 0 aliphatic heterocycles. The van der Waals surface area contributed by atoms with E-state index in [1.165, 1.54) is 0 Å². The monoisotopic (exact) mass is 271 g/mol. The first-order valence-corrected chi connectivity index (χ1v) is 6.61. The molecule has 20 heavy (non-hydrogen) atoms. The number of rotatable bonds is 5. The van der Waals surface area contributed by atoms with E-state index in [9.17, 15) is 9.59 Å². The fourth-order valence-electron chi connectivity index (χ4n) is 2.11. The summed E-state index contributed by atoms with van der Waals surface area (Å²) in [6, 6.07) is 12.9. The lowest BCUT2D eigenvalue weighted by molar-refractivity contribution is -0.137. The van der Waals surface area contributed by atoms with Crippen LogP contribution in [0.25, 0.3) is 10.8 Å². The Morgan fingerprint density at radius 2 is 1.85 bits per heavy atom. The minimum atomic E-state index is -0.907. The smallest absolute Gasteiger partial charge is 0.305 e. The molecule has 1 amide bonds. The molecule has 2 aromatic rings. The molecule has 1 unspecified atom stereocenters. The SMILES string of the molecule is CCC(CC(=O)O)NC(=O)c1ccc2ccccc2c1. The quantitative estimate of drug-likeness (QED) is 0.878. The van der Waals surface area contributed by atoms with E-state index in [0.717, 1.165) is 10.8 Å². The number of nitrogens with one attached hydrogen (secondary N) is 1. The highest BCUT2D eigenvalue weighted by Gasteiger charge is 2.15. The first kappa shape index (κ1) is 14.1. The number of fused-ring (bicyclic) bond motifs is 1. The van der Waals surface area contributed by atoms with E-state index in [4.69, 9.17) is 5.11 Å². The fourth-order valence-corrected chi connectivity index (χ4v) is 2.11. The summed E-state index contributed by atoms with van der Waals surface area (Å²) in [7, 11) is 0. The Bertz CT molecular complexity index is 636.